The minimum atomic E-state index is -0.336. The fourth-order valence-corrected chi connectivity index (χ4v) is 1.91. The van der Waals surface area contributed by atoms with Crippen LogP contribution < -0.4 is 5.73 Å². The first-order valence-electron chi connectivity index (χ1n) is 6.14. The largest absolute Gasteiger partial charge is 0.449 e. The highest BCUT2D eigenvalue weighted by Crippen LogP contribution is 2.22. The summed E-state index contributed by atoms with van der Waals surface area (Å²) in [6, 6.07) is 0.116. The number of amides is 2. The number of likely N-dealkylation sites (tertiary alicyclic amines) is 1. The van der Waals surface area contributed by atoms with E-state index in [1.807, 2.05) is 20.8 Å². The average Bonchev–Trinajstić information content (AvgIpc) is 2.26. The van der Waals surface area contributed by atoms with Crippen molar-refractivity contribution in [3.8, 4) is 0 Å². The van der Waals surface area contributed by atoms with E-state index in [1.54, 1.807) is 4.90 Å². The van der Waals surface area contributed by atoms with Crippen molar-refractivity contribution in [2.45, 2.75) is 39.7 Å². The van der Waals surface area contributed by atoms with Crippen molar-refractivity contribution in [3.05, 3.63) is 0 Å². The number of hydrogen-bond acceptors (Lipinski definition) is 3. The van der Waals surface area contributed by atoms with Crippen molar-refractivity contribution in [3.63, 3.8) is 0 Å². The van der Waals surface area contributed by atoms with Crippen LogP contribution in [0.25, 0.3) is 0 Å². The lowest BCUT2D eigenvalue weighted by Gasteiger charge is -2.36. The predicted molar refractivity (Wildman–Crippen MR) is 64.3 cm³/mol. The van der Waals surface area contributed by atoms with E-state index < -0.39 is 0 Å². The lowest BCUT2D eigenvalue weighted by atomic mass is 9.93. The van der Waals surface area contributed by atoms with Crippen molar-refractivity contribution in [2.75, 3.05) is 13.2 Å². The van der Waals surface area contributed by atoms with Gasteiger partial charge in [-0.2, -0.15) is 0 Å². The summed E-state index contributed by atoms with van der Waals surface area (Å²) in [6.45, 7) is 6.73. The lowest BCUT2D eigenvalue weighted by molar-refractivity contribution is -0.123. The number of primary amides is 1. The molecule has 2 N–H and O–H groups in total. The van der Waals surface area contributed by atoms with E-state index in [-0.39, 0.29) is 24.0 Å². The smallest absolute Gasteiger partial charge is 0.410 e. The molecule has 0 bridgehead atoms. The van der Waals surface area contributed by atoms with Crippen LogP contribution in [0.4, 0.5) is 4.79 Å². The fourth-order valence-electron chi connectivity index (χ4n) is 1.91. The average molecular weight is 242 g/mol. The van der Waals surface area contributed by atoms with Crippen molar-refractivity contribution >= 4 is 12.0 Å². The molecule has 1 aliphatic rings. The molecule has 0 aromatic carbocycles. The van der Waals surface area contributed by atoms with Gasteiger partial charge in [0.15, 0.2) is 0 Å². The summed E-state index contributed by atoms with van der Waals surface area (Å²) in [5, 5.41) is 0. The Kier molecular flexibility index (Phi) is 4.78. The van der Waals surface area contributed by atoms with Crippen LogP contribution in [0, 0.1) is 11.8 Å². The van der Waals surface area contributed by atoms with Crippen molar-refractivity contribution in [1.82, 2.24) is 4.90 Å². The summed E-state index contributed by atoms with van der Waals surface area (Å²) in [5.41, 5.74) is 5.28. The molecule has 0 aromatic rings. The molecule has 5 heteroatoms. The number of ether oxygens (including phenoxy) is 1. The molecule has 98 valence electrons. The van der Waals surface area contributed by atoms with Gasteiger partial charge in [0, 0.05) is 12.6 Å². The molecule has 0 spiro atoms. The molecule has 5 nitrogen and oxygen atoms in total. The molecular weight excluding hydrogens is 220 g/mol. The zero-order chi connectivity index (χ0) is 13.0. The molecule has 17 heavy (non-hydrogen) atoms. The fraction of sp³-hybridized carbons (Fsp3) is 0.833. The van der Waals surface area contributed by atoms with Gasteiger partial charge in [-0.3, -0.25) is 4.79 Å². The number of carbonyl (C=O) groups excluding carboxylic acids is 2. The molecule has 0 aromatic heterocycles. The highest BCUT2D eigenvalue weighted by Gasteiger charge is 2.32. The Bertz CT molecular complexity index is 291. The second-order valence-corrected chi connectivity index (χ2v) is 5.15. The number of nitrogens with two attached hydrogens (primary N) is 1. The molecule has 2 unspecified atom stereocenters. The van der Waals surface area contributed by atoms with E-state index in [0.29, 0.717) is 19.1 Å². The van der Waals surface area contributed by atoms with Crippen LogP contribution in [-0.2, 0) is 9.53 Å². The molecule has 1 fully saturated rings. The van der Waals surface area contributed by atoms with Gasteiger partial charge in [0.05, 0.1) is 12.5 Å². The summed E-state index contributed by atoms with van der Waals surface area (Å²) in [7, 11) is 0. The standard InChI is InChI=1S/C12H22N2O3/c1-8(2)7-17-12(16)14-6-10(11(13)15)5-4-9(14)3/h8-10H,4-7H2,1-3H3,(H2,13,15). The van der Waals surface area contributed by atoms with Gasteiger partial charge < -0.3 is 15.4 Å². The van der Waals surface area contributed by atoms with E-state index in [2.05, 4.69) is 0 Å². The highest BCUT2D eigenvalue weighted by atomic mass is 16.6. The Morgan fingerprint density at radius 3 is 2.59 bits per heavy atom. The minimum Gasteiger partial charge on any atom is -0.449 e. The van der Waals surface area contributed by atoms with E-state index in [4.69, 9.17) is 10.5 Å². The summed E-state index contributed by atoms with van der Waals surface area (Å²) in [4.78, 5) is 24.6. The monoisotopic (exact) mass is 242 g/mol. The van der Waals surface area contributed by atoms with Gasteiger partial charge in [-0.25, -0.2) is 4.79 Å². The van der Waals surface area contributed by atoms with Gasteiger partial charge in [-0.1, -0.05) is 13.8 Å². The predicted octanol–water partition coefficient (Wildman–Crippen LogP) is 1.36. The van der Waals surface area contributed by atoms with Gasteiger partial charge in [-0.15, -0.1) is 0 Å². The molecule has 2 atom stereocenters. The van der Waals surface area contributed by atoms with Crippen LogP contribution in [-0.4, -0.2) is 36.1 Å². The molecule has 0 aliphatic carbocycles. The van der Waals surface area contributed by atoms with Crippen molar-refractivity contribution in [1.29, 1.82) is 0 Å². The van der Waals surface area contributed by atoms with Crippen LogP contribution in [0.15, 0.2) is 0 Å². The first-order chi connectivity index (χ1) is 7.91. The van der Waals surface area contributed by atoms with E-state index in [0.717, 1.165) is 12.8 Å². The molecule has 2 amide bonds. The third-order valence-corrected chi connectivity index (χ3v) is 3.06. The molecule has 1 rings (SSSR count). The molecule has 1 aliphatic heterocycles. The third kappa shape index (κ3) is 3.91. The lowest BCUT2D eigenvalue weighted by Crippen LogP contribution is -2.48. The van der Waals surface area contributed by atoms with Crippen LogP contribution in [0.5, 0.6) is 0 Å². The Labute approximate surface area is 102 Å². The Hall–Kier alpha value is -1.26. The Morgan fingerprint density at radius 2 is 2.06 bits per heavy atom. The maximum Gasteiger partial charge on any atom is 0.410 e. The van der Waals surface area contributed by atoms with Crippen molar-refractivity contribution in [2.24, 2.45) is 17.6 Å². The Balaban J connectivity index is 2.54. The zero-order valence-electron chi connectivity index (χ0n) is 10.8. The topological polar surface area (TPSA) is 72.6 Å². The minimum absolute atomic E-state index is 0.116. The molecule has 0 radical (unpaired) electrons. The van der Waals surface area contributed by atoms with Gasteiger partial charge in [0.2, 0.25) is 5.91 Å². The number of carbonyl (C=O) groups is 2. The zero-order valence-corrected chi connectivity index (χ0v) is 10.8. The summed E-state index contributed by atoms with van der Waals surface area (Å²) in [5.74, 6) is -0.262. The van der Waals surface area contributed by atoms with Gasteiger partial charge in [0.25, 0.3) is 0 Å². The van der Waals surface area contributed by atoms with Gasteiger partial charge in [0.1, 0.15) is 0 Å². The maximum atomic E-state index is 11.8. The van der Waals surface area contributed by atoms with Crippen molar-refractivity contribution < 1.29 is 14.3 Å². The normalized spacial score (nSPS) is 24.8. The molecule has 1 saturated heterocycles. The number of hydrogen-bond donors (Lipinski definition) is 1. The number of nitrogens with zero attached hydrogens (tertiary/aromatic N) is 1. The highest BCUT2D eigenvalue weighted by molar-refractivity contribution is 5.78. The first-order valence-corrected chi connectivity index (χ1v) is 6.14. The SMILES string of the molecule is CC(C)COC(=O)N1CC(C(N)=O)CCC1C. The van der Waals surface area contributed by atoms with Crippen LogP contribution in [0.3, 0.4) is 0 Å². The van der Waals surface area contributed by atoms with Gasteiger partial charge >= 0.3 is 6.09 Å². The molecule has 0 saturated carbocycles. The van der Waals surface area contributed by atoms with Crippen LogP contribution in [0.2, 0.25) is 0 Å². The number of rotatable bonds is 3. The second-order valence-electron chi connectivity index (χ2n) is 5.15. The van der Waals surface area contributed by atoms with E-state index in [1.165, 1.54) is 0 Å². The van der Waals surface area contributed by atoms with Gasteiger partial charge in [-0.05, 0) is 25.7 Å². The summed E-state index contributed by atoms with van der Waals surface area (Å²) < 4.78 is 5.18. The van der Waals surface area contributed by atoms with Crippen LogP contribution in [0.1, 0.15) is 33.6 Å². The molecular formula is C12H22N2O3. The summed E-state index contributed by atoms with van der Waals surface area (Å²) >= 11 is 0. The van der Waals surface area contributed by atoms with E-state index >= 15 is 0 Å². The number of piperidine rings is 1. The Morgan fingerprint density at radius 1 is 1.41 bits per heavy atom. The summed E-state index contributed by atoms with van der Waals surface area (Å²) in [6.07, 6.45) is 1.21. The van der Waals surface area contributed by atoms with Crippen LogP contribution >= 0.6 is 0 Å². The second kappa shape index (κ2) is 5.89. The quantitative estimate of drug-likeness (QED) is 0.812. The first kappa shape index (κ1) is 13.8. The maximum absolute atomic E-state index is 11.8. The molecule has 1 heterocycles. The third-order valence-electron chi connectivity index (χ3n) is 3.06. The van der Waals surface area contributed by atoms with E-state index in [9.17, 15) is 9.59 Å².